The van der Waals surface area contributed by atoms with E-state index in [0.717, 1.165) is 17.7 Å². The molecule has 0 saturated heterocycles. The highest BCUT2D eigenvalue weighted by Gasteiger charge is 2.25. The molecule has 12 heavy (non-hydrogen) atoms. The molecule has 0 radical (unpaired) electrons. The summed E-state index contributed by atoms with van der Waals surface area (Å²) in [4.78, 5) is 8.22. The zero-order valence-electron chi connectivity index (χ0n) is 6.99. The summed E-state index contributed by atoms with van der Waals surface area (Å²) >= 11 is 0. The first-order valence-electron chi connectivity index (χ1n) is 3.96. The SMILES string of the molecule is C[C@@]1(N)CC=Nc2cnccc21. The highest BCUT2D eigenvalue weighted by Crippen LogP contribution is 2.32. The fraction of sp³-hybridized carbons (Fsp3) is 0.333. The molecule has 0 aliphatic carbocycles. The quantitative estimate of drug-likeness (QED) is 0.624. The second-order valence-electron chi connectivity index (χ2n) is 3.33. The van der Waals surface area contributed by atoms with Crippen molar-refractivity contribution in [3.63, 3.8) is 0 Å². The van der Waals surface area contributed by atoms with Crippen molar-refractivity contribution in [3.05, 3.63) is 24.0 Å². The molecule has 2 N–H and O–H groups in total. The van der Waals surface area contributed by atoms with Gasteiger partial charge < -0.3 is 5.73 Å². The molecule has 3 nitrogen and oxygen atoms in total. The molecule has 0 bridgehead atoms. The molecule has 1 aromatic rings. The number of hydrogen-bond acceptors (Lipinski definition) is 3. The second kappa shape index (κ2) is 2.38. The maximum Gasteiger partial charge on any atom is 0.0859 e. The van der Waals surface area contributed by atoms with Crippen molar-refractivity contribution < 1.29 is 0 Å². The number of aromatic nitrogens is 1. The topological polar surface area (TPSA) is 51.3 Å². The third kappa shape index (κ3) is 1.02. The predicted octanol–water partition coefficient (Wildman–Crippen LogP) is 1.36. The van der Waals surface area contributed by atoms with Gasteiger partial charge in [0.15, 0.2) is 0 Å². The zero-order valence-corrected chi connectivity index (χ0v) is 6.99. The molecule has 0 amide bonds. The molecule has 0 aromatic carbocycles. The van der Waals surface area contributed by atoms with Crippen LogP contribution >= 0.6 is 0 Å². The molecule has 2 heterocycles. The minimum absolute atomic E-state index is 0.278. The Labute approximate surface area is 71.3 Å². The first-order valence-corrected chi connectivity index (χ1v) is 3.96. The molecule has 2 rings (SSSR count). The van der Waals surface area contributed by atoms with Gasteiger partial charge in [0.25, 0.3) is 0 Å². The van der Waals surface area contributed by atoms with Crippen LogP contribution in [0.15, 0.2) is 23.5 Å². The van der Waals surface area contributed by atoms with E-state index in [1.807, 2.05) is 19.2 Å². The summed E-state index contributed by atoms with van der Waals surface area (Å²) in [6, 6.07) is 1.94. The van der Waals surface area contributed by atoms with Crippen molar-refractivity contribution in [2.24, 2.45) is 10.7 Å². The van der Waals surface area contributed by atoms with E-state index >= 15 is 0 Å². The molecule has 0 saturated carbocycles. The summed E-state index contributed by atoms with van der Waals surface area (Å²) in [5, 5.41) is 0. The molecule has 3 heteroatoms. The second-order valence-corrected chi connectivity index (χ2v) is 3.33. The molecule has 0 spiro atoms. The van der Waals surface area contributed by atoms with Crippen molar-refractivity contribution in [3.8, 4) is 0 Å². The summed E-state index contributed by atoms with van der Waals surface area (Å²) < 4.78 is 0. The van der Waals surface area contributed by atoms with E-state index in [1.165, 1.54) is 0 Å². The number of nitrogens with zero attached hydrogens (tertiary/aromatic N) is 2. The standard InChI is InChI=1S/C9H11N3/c1-9(10)3-5-12-8-6-11-4-2-7(8)9/h2,4-6H,3,10H2,1H3/t9-/m1/s1. The average molecular weight is 161 g/mol. The van der Waals surface area contributed by atoms with E-state index in [1.54, 1.807) is 12.4 Å². The van der Waals surface area contributed by atoms with Crippen LogP contribution in [0.4, 0.5) is 5.69 Å². The van der Waals surface area contributed by atoms with Crippen LogP contribution in [-0.2, 0) is 5.54 Å². The van der Waals surface area contributed by atoms with Crippen LogP contribution in [0.25, 0.3) is 0 Å². The van der Waals surface area contributed by atoms with E-state index in [9.17, 15) is 0 Å². The molecule has 0 fully saturated rings. The van der Waals surface area contributed by atoms with Gasteiger partial charge in [0.1, 0.15) is 0 Å². The summed E-state index contributed by atoms with van der Waals surface area (Å²) in [5.74, 6) is 0. The number of rotatable bonds is 0. The zero-order chi connectivity index (χ0) is 8.60. The van der Waals surface area contributed by atoms with E-state index in [-0.39, 0.29) is 5.54 Å². The lowest BCUT2D eigenvalue weighted by atomic mass is 9.88. The highest BCUT2D eigenvalue weighted by molar-refractivity contribution is 5.70. The minimum Gasteiger partial charge on any atom is -0.321 e. The Hall–Kier alpha value is -1.22. The number of pyridine rings is 1. The van der Waals surface area contributed by atoms with Gasteiger partial charge >= 0.3 is 0 Å². The molecule has 1 aromatic heterocycles. The molecule has 1 aliphatic rings. The van der Waals surface area contributed by atoms with E-state index in [4.69, 9.17) is 5.73 Å². The third-order valence-corrected chi connectivity index (χ3v) is 2.16. The normalized spacial score (nSPS) is 26.8. The molecule has 62 valence electrons. The van der Waals surface area contributed by atoms with Crippen molar-refractivity contribution in [1.29, 1.82) is 0 Å². The van der Waals surface area contributed by atoms with Crippen molar-refractivity contribution >= 4 is 11.9 Å². The van der Waals surface area contributed by atoms with E-state index in [2.05, 4.69) is 9.98 Å². The van der Waals surface area contributed by atoms with Gasteiger partial charge in [0, 0.05) is 29.9 Å². The number of aliphatic imine (C=N–C) groups is 1. The molecule has 1 aliphatic heterocycles. The summed E-state index contributed by atoms with van der Waals surface area (Å²) in [6.45, 7) is 2.01. The van der Waals surface area contributed by atoms with Gasteiger partial charge in [0.05, 0.1) is 11.9 Å². The fourth-order valence-corrected chi connectivity index (χ4v) is 1.42. The maximum absolute atomic E-state index is 6.07. The lowest BCUT2D eigenvalue weighted by molar-refractivity contribution is 0.515. The Morgan fingerprint density at radius 2 is 2.42 bits per heavy atom. The van der Waals surface area contributed by atoms with Gasteiger partial charge in [-0.15, -0.1) is 0 Å². The van der Waals surface area contributed by atoms with E-state index < -0.39 is 0 Å². The van der Waals surface area contributed by atoms with E-state index in [0.29, 0.717) is 0 Å². The molecule has 1 atom stereocenters. The van der Waals surface area contributed by atoms with Crippen LogP contribution in [0.1, 0.15) is 18.9 Å². The number of nitrogens with two attached hydrogens (primary N) is 1. The van der Waals surface area contributed by atoms with Crippen LogP contribution in [0, 0.1) is 0 Å². The fourth-order valence-electron chi connectivity index (χ4n) is 1.42. The lowest BCUT2D eigenvalue weighted by Crippen LogP contribution is -2.34. The smallest absolute Gasteiger partial charge is 0.0859 e. The van der Waals surface area contributed by atoms with Crippen LogP contribution in [0.2, 0.25) is 0 Å². The lowest BCUT2D eigenvalue weighted by Gasteiger charge is -2.27. The first-order chi connectivity index (χ1) is 5.70. The van der Waals surface area contributed by atoms with Gasteiger partial charge in [-0.05, 0) is 13.0 Å². The maximum atomic E-state index is 6.07. The van der Waals surface area contributed by atoms with Crippen LogP contribution in [0.5, 0.6) is 0 Å². The van der Waals surface area contributed by atoms with Gasteiger partial charge in [-0.25, -0.2) is 0 Å². The average Bonchev–Trinajstić information content (AvgIpc) is 2.04. The highest BCUT2D eigenvalue weighted by atomic mass is 14.8. The monoisotopic (exact) mass is 161 g/mol. The Bertz CT molecular complexity index is 328. The van der Waals surface area contributed by atoms with Gasteiger partial charge in [0.2, 0.25) is 0 Å². The Balaban J connectivity index is 2.60. The summed E-state index contributed by atoms with van der Waals surface area (Å²) in [5.41, 5.74) is 7.77. The first kappa shape index (κ1) is 7.43. The Morgan fingerprint density at radius 3 is 3.17 bits per heavy atom. The molecular weight excluding hydrogens is 150 g/mol. The predicted molar refractivity (Wildman–Crippen MR) is 48.5 cm³/mol. The summed E-state index contributed by atoms with van der Waals surface area (Å²) in [6.07, 6.45) is 6.15. The number of fused-ring (bicyclic) bond motifs is 1. The van der Waals surface area contributed by atoms with Crippen molar-refractivity contribution in [2.75, 3.05) is 0 Å². The van der Waals surface area contributed by atoms with Gasteiger partial charge in [-0.3, -0.25) is 9.98 Å². The molecular formula is C9H11N3. The van der Waals surface area contributed by atoms with Crippen molar-refractivity contribution in [1.82, 2.24) is 4.98 Å². The largest absolute Gasteiger partial charge is 0.321 e. The van der Waals surface area contributed by atoms with Crippen LogP contribution < -0.4 is 5.73 Å². The van der Waals surface area contributed by atoms with Crippen LogP contribution in [-0.4, -0.2) is 11.2 Å². The Morgan fingerprint density at radius 1 is 1.58 bits per heavy atom. The number of hydrogen-bond donors (Lipinski definition) is 1. The minimum atomic E-state index is -0.278. The van der Waals surface area contributed by atoms with Gasteiger partial charge in [-0.2, -0.15) is 0 Å². The van der Waals surface area contributed by atoms with Gasteiger partial charge in [-0.1, -0.05) is 0 Å². The van der Waals surface area contributed by atoms with Crippen molar-refractivity contribution in [2.45, 2.75) is 18.9 Å². The van der Waals surface area contributed by atoms with Crippen LogP contribution in [0.3, 0.4) is 0 Å². The Kier molecular flexibility index (Phi) is 1.48. The molecule has 0 unspecified atom stereocenters. The summed E-state index contributed by atoms with van der Waals surface area (Å²) in [7, 11) is 0. The third-order valence-electron chi connectivity index (χ3n) is 2.16.